The lowest BCUT2D eigenvalue weighted by Gasteiger charge is -2.22. The Bertz CT molecular complexity index is 437. The second-order valence-electron chi connectivity index (χ2n) is 4.68. The smallest absolute Gasteiger partial charge is 0.332 e. The number of carbonyl (C=O) groups excluding carboxylic acids is 1. The maximum Gasteiger partial charge on any atom is 0.332 e. The molecular weight excluding hydrogens is 242 g/mol. The van der Waals surface area contributed by atoms with Crippen LogP contribution in [-0.2, 0) is 0 Å². The van der Waals surface area contributed by atoms with Gasteiger partial charge in [0.15, 0.2) is 0 Å². The summed E-state index contributed by atoms with van der Waals surface area (Å²) in [6.07, 6.45) is 8.02. The summed E-state index contributed by atoms with van der Waals surface area (Å²) in [7, 11) is 0. The summed E-state index contributed by atoms with van der Waals surface area (Å²) < 4.78 is 5.92. The highest BCUT2D eigenvalue weighted by Gasteiger charge is 2.14. The average molecular weight is 261 g/mol. The number of urea groups is 1. The van der Waals surface area contributed by atoms with E-state index in [1.165, 1.54) is 25.5 Å². The zero-order valence-corrected chi connectivity index (χ0v) is 10.8. The largest absolute Gasteiger partial charge is 0.490 e. The van der Waals surface area contributed by atoms with E-state index in [-0.39, 0.29) is 0 Å². The van der Waals surface area contributed by atoms with Crippen LogP contribution >= 0.6 is 0 Å². The summed E-state index contributed by atoms with van der Waals surface area (Å²) in [6, 6.07) is 6.95. The van der Waals surface area contributed by atoms with Gasteiger partial charge in [0.2, 0.25) is 0 Å². The fraction of sp³-hybridized carbons (Fsp3) is 0.429. The van der Waals surface area contributed by atoms with E-state index in [9.17, 15) is 4.79 Å². The molecule has 102 valence electrons. The van der Waals surface area contributed by atoms with E-state index in [0.29, 0.717) is 6.10 Å². The van der Waals surface area contributed by atoms with E-state index in [1.807, 2.05) is 24.3 Å². The molecule has 1 fully saturated rings. The van der Waals surface area contributed by atoms with Gasteiger partial charge in [-0.05, 0) is 55.5 Å². The van der Waals surface area contributed by atoms with Crippen LogP contribution in [0.4, 0.5) is 4.79 Å². The highest BCUT2D eigenvalue weighted by molar-refractivity contribution is 5.81. The van der Waals surface area contributed by atoms with Crippen molar-refractivity contribution in [3.05, 3.63) is 29.8 Å². The van der Waals surface area contributed by atoms with E-state index < -0.39 is 6.03 Å². The van der Waals surface area contributed by atoms with Crippen LogP contribution in [0.2, 0.25) is 0 Å². The summed E-state index contributed by atoms with van der Waals surface area (Å²) in [5.74, 6) is 0.881. The fourth-order valence-electron chi connectivity index (χ4n) is 2.18. The van der Waals surface area contributed by atoms with Crippen molar-refractivity contribution in [1.82, 2.24) is 5.43 Å². The summed E-state index contributed by atoms with van der Waals surface area (Å²) in [4.78, 5) is 10.4. The number of ether oxygens (including phenoxy) is 1. The van der Waals surface area contributed by atoms with Crippen molar-refractivity contribution < 1.29 is 9.53 Å². The average Bonchev–Trinajstić information content (AvgIpc) is 2.42. The molecule has 0 aliphatic heterocycles. The molecule has 0 radical (unpaired) electrons. The highest BCUT2D eigenvalue weighted by atomic mass is 16.5. The molecule has 1 saturated carbocycles. The van der Waals surface area contributed by atoms with Crippen LogP contribution < -0.4 is 15.9 Å². The lowest BCUT2D eigenvalue weighted by atomic mass is 9.98. The molecule has 0 aromatic heterocycles. The maximum absolute atomic E-state index is 10.4. The molecule has 5 nitrogen and oxygen atoms in total. The van der Waals surface area contributed by atoms with Gasteiger partial charge < -0.3 is 10.5 Å². The first-order chi connectivity index (χ1) is 9.24. The van der Waals surface area contributed by atoms with E-state index in [1.54, 1.807) is 0 Å². The molecular formula is C14H19N3O2. The van der Waals surface area contributed by atoms with Crippen molar-refractivity contribution in [3.8, 4) is 5.75 Å². The molecule has 0 bridgehead atoms. The lowest BCUT2D eigenvalue weighted by molar-refractivity contribution is 0.155. The van der Waals surface area contributed by atoms with Crippen molar-refractivity contribution in [2.45, 2.75) is 38.2 Å². The molecule has 3 N–H and O–H groups in total. The van der Waals surface area contributed by atoms with Crippen LogP contribution in [0.3, 0.4) is 0 Å². The molecule has 0 saturated heterocycles. The lowest BCUT2D eigenvalue weighted by Crippen LogP contribution is -2.24. The van der Waals surface area contributed by atoms with Gasteiger partial charge in [0.25, 0.3) is 0 Å². The number of hydrogen-bond acceptors (Lipinski definition) is 3. The van der Waals surface area contributed by atoms with Gasteiger partial charge in [0, 0.05) is 0 Å². The third-order valence-electron chi connectivity index (χ3n) is 3.12. The number of carbonyl (C=O) groups is 1. The number of nitrogens with two attached hydrogens (primary N) is 1. The highest BCUT2D eigenvalue weighted by Crippen LogP contribution is 2.23. The normalized spacial score (nSPS) is 16.4. The van der Waals surface area contributed by atoms with E-state index >= 15 is 0 Å². The molecule has 5 heteroatoms. The zero-order valence-electron chi connectivity index (χ0n) is 10.8. The van der Waals surface area contributed by atoms with Gasteiger partial charge in [-0.15, -0.1) is 0 Å². The van der Waals surface area contributed by atoms with Gasteiger partial charge in [0.1, 0.15) is 5.75 Å². The Kier molecular flexibility index (Phi) is 4.78. The number of nitrogens with one attached hydrogen (secondary N) is 1. The molecule has 1 aliphatic carbocycles. The Balaban J connectivity index is 1.86. The molecule has 2 amide bonds. The number of nitrogens with zero attached hydrogens (tertiary/aromatic N) is 1. The van der Waals surface area contributed by atoms with E-state index in [0.717, 1.165) is 24.2 Å². The Morgan fingerprint density at radius 1 is 1.26 bits per heavy atom. The Morgan fingerprint density at radius 3 is 2.58 bits per heavy atom. The van der Waals surface area contributed by atoms with Gasteiger partial charge in [-0.1, -0.05) is 6.42 Å². The van der Waals surface area contributed by atoms with E-state index in [4.69, 9.17) is 10.5 Å². The SMILES string of the molecule is NC(=O)N/N=C/c1ccc(OC2CCCCC2)cc1. The first-order valence-corrected chi connectivity index (χ1v) is 6.59. The van der Waals surface area contributed by atoms with Gasteiger partial charge >= 0.3 is 6.03 Å². The van der Waals surface area contributed by atoms with Gasteiger partial charge in [-0.3, -0.25) is 0 Å². The molecule has 0 heterocycles. The van der Waals surface area contributed by atoms with Crippen LogP contribution in [0.1, 0.15) is 37.7 Å². The minimum atomic E-state index is -0.673. The van der Waals surface area contributed by atoms with Crippen molar-refractivity contribution in [3.63, 3.8) is 0 Å². The van der Waals surface area contributed by atoms with E-state index in [2.05, 4.69) is 10.5 Å². The quantitative estimate of drug-likeness (QED) is 0.645. The van der Waals surface area contributed by atoms with Crippen LogP contribution in [0.5, 0.6) is 5.75 Å². The van der Waals surface area contributed by atoms with Crippen LogP contribution in [0, 0.1) is 0 Å². The molecule has 2 rings (SSSR count). The number of rotatable bonds is 4. The molecule has 1 aromatic rings. The fourth-order valence-corrected chi connectivity index (χ4v) is 2.18. The van der Waals surface area contributed by atoms with Crippen LogP contribution in [0.25, 0.3) is 0 Å². The molecule has 0 unspecified atom stereocenters. The number of hydrazone groups is 1. The van der Waals surface area contributed by atoms with Gasteiger partial charge in [0.05, 0.1) is 12.3 Å². The Labute approximate surface area is 112 Å². The zero-order chi connectivity index (χ0) is 13.5. The second kappa shape index (κ2) is 6.78. The molecule has 1 aliphatic rings. The minimum absolute atomic E-state index is 0.352. The molecule has 0 atom stereocenters. The van der Waals surface area contributed by atoms with Crippen molar-refractivity contribution in [1.29, 1.82) is 0 Å². The summed E-state index contributed by atoms with van der Waals surface area (Å²) >= 11 is 0. The number of primary amides is 1. The molecule has 0 spiro atoms. The monoisotopic (exact) mass is 261 g/mol. The van der Waals surface area contributed by atoms with Gasteiger partial charge in [-0.25, -0.2) is 10.2 Å². The summed E-state index contributed by atoms with van der Waals surface area (Å²) in [5.41, 5.74) is 7.93. The number of benzene rings is 1. The summed E-state index contributed by atoms with van der Waals surface area (Å²) in [6.45, 7) is 0. The van der Waals surface area contributed by atoms with Gasteiger partial charge in [-0.2, -0.15) is 5.10 Å². The van der Waals surface area contributed by atoms with Crippen molar-refractivity contribution in [2.24, 2.45) is 10.8 Å². The Hall–Kier alpha value is -2.04. The standard InChI is InChI=1S/C14H19N3O2/c15-14(18)17-16-10-11-6-8-13(9-7-11)19-12-4-2-1-3-5-12/h6-10,12H,1-5H2,(H3,15,17,18)/b16-10+. The number of hydrogen-bond donors (Lipinski definition) is 2. The third-order valence-corrected chi connectivity index (χ3v) is 3.12. The van der Waals surface area contributed by atoms with Crippen molar-refractivity contribution >= 4 is 12.2 Å². The molecule has 1 aromatic carbocycles. The van der Waals surface area contributed by atoms with Crippen LogP contribution in [-0.4, -0.2) is 18.3 Å². The molecule has 19 heavy (non-hydrogen) atoms. The third kappa shape index (κ3) is 4.62. The number of amides is 2. The maximum atomic E-state index is 10.4. The topological polar surface area (TPSA) is 76.7 Å². The Morgan fingerprint density at radius 2 is 1.95 bits per heavy atom. The first-order valence-electron chi connectivity index (χ1n) is 6.59. The second-order valence-corrected chi connectivity index (χ2v) is 4.68. The minimum Gasteiger partial charge on any atom is -0.490 e. The first kappa shape index (κ1) is 13.4. The predicted molar refractivity (Wildman–Crippen MR) is 74.3 cm³/mol. The summed E-state index contributed by atoms with van der Waals surface area (Å²) in [5, 5.41) is 3.70. The predicted octanol–water partition coefficient (Wildman–Crippen LogP) is 2.40. The van der Waals surface area contributed by atoms with Crippen molar-refractivity contribution in [2.75, 3.05) is 0 Å². The van der Waals surface area contributed by atoms with Crippen LogP contribution in [0.15, 0.2) is 29.4 Å².